The Balaban J connectivity index is 1.71. The number of ether oxygens (including phenoxy) is 1. The number of aryl methyl sites for hydroxylation is 1. The molecule has 3 heteroatoms. The molecule has 0 radical (unpaired) electrons. The lowest BCUT2D eigenvalue weighted by Gasteiger charge is -2.20. The molecule has 0 saturated heterocycles. The van der Waals surface area contributed by atoms with Gasteiger partial charge in [0.2, 0.25) is 0 Å². The van der Waals surface area contributed by atoms with Crippen LogP contribution in [-0.2, 0) is 6.42 Å². The lowest BCUT2D eigenvalue weighted by Crippen LogP contribution is -2.23. The van der Waals surface area contributed by atoms with E-state index in [1.165, 1.54) is 16.8 Å². The fourth-order valence-corrected chi connectivity index (χ4v) is 2.87. The Morgan fingerprint density at radius 1 is 1.25 bits per heavy atom. The highest BCUT2D eigenvalue weighted by molar-refractivity contribution is 5.31. The van der Waals surface area contributed by atoms with Crippen molar-refractivity contribution in [2.75, 3.05) is 7.11 Å². The number of methoxy groups -OCH3 is 1. The van der Waals surface area contributed by atoms with E-state index < -0.39 is 0 Å². The number of hydrogen-bond acceptors (Lipinski definition) is 3. The standard InChI is InChI=1S/C17H20N2O/c1-12(13-5-8-15(20-2)9-6-13)19-16-10-7-14-4-3-11-18-17(14)16/h3-6,8-9,11-12,16,19H,7,10H2,1-2H3/t12-,16?/m0/s1. The van der Waals surface area contributed by atoms with Crippen LogP contribution in [0.1, 0.15) is 42.2 Å². The van der Waals surface area contributed by atoms with Gasteiger partial charge in [-0.05, 0) is 49.1 Å². The quantitative estimate of drug-likeness (QED) is 0.922. The molecule has 20 heavy (non-hydrogen) atoms. The van der Waals surface area contributed by atoms with Crippen molar-refractivity contribution < 1.29 is 4.74 Å². The summed E-state index contributed by atoms with van der Waals surface area (Å²) in [6, 6.07) is 13.1. The van der Waals surface area contributed by atoms with Crippen molar-refractivity contribution in [3.8, 4) is 5.75 Å². The molecule has 2 atom stereocenters. The van der Waals surface area contributed by atoms with E-state index in [0.717, 1.165) is 18.6 Å². The van der Waals surface area contributed by atoms with Gasteiger partial charge in [0.25, 0.3) is 0 Å². The fraction of sp³-hybridized carbons (Fsp3) is 0.353. The smallest absolute Gasteiger partial charge is 0.118 e. The van der Waals surface area contributed by atoms with E-state index >= 15 is 0 Å². The zero-order valence-corrected chi connectivity index (χ0v) is 12.0. The lowest BCUT2D eigenvalue weighted by atomic mass is 10.1. The van der Waals surface area contributed by atoms with Gasteiger partial charge < -0.3 is 10.1 Å². The minimum Gasteiger partial charge on any atom is -0.497 e. The molecule has 1 aromatic heterocycles. The van der Waals surface area contributed by atoms with Crippen molar-refractivity contribution in [3.05, 3.63) is 59.4 Å². The molecule has 1 aliphatic carbocycles. The van der Waals surface area contributed by atoms with Crippen molar-refractivity contribution in [1.29, 1.82) is 0 Å². The summed E-state index contributed by atoms with van der Waals surface area (Å²) in [7, 11) is 1.69. The van der Waals surface area contributed by atoms with Crippen LogP contribution in [0.4, 0.5) is 0 Å². The van der Waals surface area contributed by atoms with E-state index in [1.807, 2.05) is 24.4 Å². The molecular formula is C17H20N2O. The number of benzene rings is 1. The molecule has 1 N–H and O–H groups in total. The second-order valence-corrected chi connectivity index (χ2v) is 5.30. The molecule has 0 aliphatic heterocycles. The van der Waals surface area contributed by atoms with Crippen molar-refractivity contribution in [2.45, 2.75) is 31.8 Å². The summed E-state index contributed by atoms with van der Waals surface area (Å²) in [5, 5.41) is 3.69. The Hall–Kier alpha value is -1.87. The highest BCUT2D eigenvalue weighted by Gasteiger charge is 2.24. The number of hydrogen-bond donors (Lipinski definition) is 1. The van der Waals surface area contributed by atoms with E-state index in [2.05, 4.69) is 35.4 Å². The molecule has 1 aromatic carbocycles. The topological polar surface area (TPSA) is 34.1 Å². The summed E-state index contributed by atoms with van der Waals surface area (Å²) < 4.78 is 5.20. The van der Waals surface area contributed by atoms with Gasteiger partial charge in [-0.15, -0.1) is 0 Å². The first kappa shape index (κ1) is 13.1. The van der Waals surface area contributed by atoms with E-state index in [1.54, 1.807) is 7.11 Å². The number of pyridine rings is 1. The molecule has 0 amide bonds. The molecule has 0 fully saturated rings. The van der Waals surface area contributed by atoms with Crippen LogP contribution in [0.15, 0.2) is 42.6 Å². The predicted octanol–water partition coefficient (Wildman–Crippen LogP) is 3.43. The van der Waals surface area contributed by atoms with Gasteiger partial charge in [0.05, 0.1) is 18.8 Å². The molecule has 1 aliphatic rings. The number of rotatable bonds is 4. The van der Waals surface area contributed by atoms with Crippen LogP contribution in [0.5, 0.6) is 5.75 Å². The summed E-state index contributed by atoms with van der Waals surface area (Å²) in [5.74, 6) is 0.897. The number of nitrogens with zero attached hydrogens (tertiary/aromatic N) is 1. The lowest BCUT2D eigenvalue weighted by molar-refractivity contribution is 0.413. The van der Waals surface area contributed by atoms with Gasteiger partial charge in [-0.2, -0.15) is 0 Å². The average Bonchev–Trinajstić information content (AvgIpc) is 2.91. The van der Waals surface area contributed by atoms with Crippen molar-refractivity contribution in [2.24, 2.45) is 0 Å². The van der Waals surface area contributed by atoms with E-state index in [-0.39, 0.29) is 0 Å². The molecule has 0 saturated carbocycles. The third-order valence-electron chi connectivity index (χ3n) is 4.03. The third-order valence-corrected chi connectivity index (χ3v) is 4.03. The number of nitrogens with one attached hydrogen (secondary N) is 1. The van der Waals surface area contributed by atoms with Gasteiger partial charge in [0.1, 0.15) is 5.75 Å². The van der Waals surface area contributed by atoms with Gasteiger partial charge in [0.15, 0.2) is 0 Å². The van der Waals surface area contributed by atoms with Crippen LogP contribution in [0.25, 0.3) is 0 Å². The zero-order chi connectivity index (χ0) is 13.9. The highest BCUT2D eigenvalue weighted by atomic mass is 16.5. The number of fused-ring (bicyclic) bond motifs is 1. The van der Waals surface area contributed by atoms with Crippen molar-refractivity contribution >= 4 is 0 Å². The monoisotopic (exact) mass is 268 g/mol. The summed E-state index contributed by atoms with van der Waals surface area (Å²) >= 11 is 0. The minimum absolute atomic E-state index is 0.305. The van der Waals surface area contributed by atoms with Gasteiger partial charge in [-0.1, -0.05) is 18.2 Å². The maximum atomic E-state index is 5.20. The van der Waals surface area contributed by atoms with Crippen LogP contribution in [0, 0.1) is 0 Å². The van der Waals surface area contributed by atoms with Gasteiger partial charge >= 0.3 is 0 Å². The molecule has 0 spiro atoms. The first-order valence-electron chi connectivity index (χ1n) is 7.11. The Morgan fingerprint density at radius 2 is 2.05 bits per heavy atom. The molecule has 2 aromatic rings. The second-order valence-electron chi connectivity index (χ2n) is 5.30. The Morgan fingerprint density at radius 3 is 2.80 bits per heavy atom. The Labute approximate surface area is 120 Å². The zero-order valence-electron chi connectivity index (χ0n) is 12.0. The molecule has 3 rings (SSSR count). The first-order chi connectivity index (χ1) is 9.78. The van der Waals surface area contributed by atoms with Crippen molar-refractivity contribution in [1.82, 2.24) is 10.3 Å². The van der Waals surface area contributed by atoms with Crippen LogP contribution < -0.4 is 10.1 Å². The van der Waals surface area contributed by atoms with Crippen LogP contribution in [0.3, 0.4) is 0 Å². The SMILES string of the molecule is COc1ccc([C@H](C)NC2CCc3cccnc32)cc1. The van der Waals surface area contributed by atoms with Gasteiger partial charge in [0, 0.05) is 12.2 Å². The molecule has 3 nitrogen and oxygen atoms in total. The van der Waals surface area contributed by atoms with E-state index in [9.17, 15) is 0 Å². The van der Waals surface area contributed by atoms with Crippen LogP contribution in [0.2, 0.25) is 0 Å². The summed E-state index contributed by atoms with van der Waals surface area (Å²) in [6.45, 7) is 2.20. The Bertz CT molecular complexity index is 580. The maximum Gasteiger partial charge on any atom is 0.118 e. The summed E-state index contributed by atoms with van der Waals surface area (Å²) in [4.78, 5) is 4.53. The van der Waals surface area contributed by atoms with Crippen molar-refractivity contribution in [3.63, 3.8) is 0 Å². The van der Waals surface area contributed by atoms with Crippen LogP contribution in [-0.4, -0.2) is 12.1 Å². The van der Waals surface area contributed by atoms with Gasteiger partial charge in [-0.3, -0.25) is 4.98 Å². The van der Waals surface area contributed by atoms with E-state index in [4.69, 9.17) is 4.74 Å². The largest absolute Gasteiger partial charge is 0.497 e. The molecule has 1 unspecified atom stereocenters. The average molecular weight is 268 g/mol. The maximum absolute atomic E-state index is 5.20. The first-order valence-corrected chi connectivity index (χ1v) is 7.11. The second kappa shape index (κ2) is 5.63. The Kier molecular flexibility index (Phi) is 3.70. The molecular weight excluding hydrogens is 248 g/mol. The minimum atomic E-state index is 0.305. The molecule has 0 bridgehead atoms. The third kappa shape index (κ3) is 2.54. The van der Waals surface area contributed by atoms with Gasteiger partial charge in [-0.25, -0.2) is 0 Å². The van der Waals surface area contributed by atoms with Crippen LogP contribution >= 0.6 is 0 Å². The molecule has 1 heterocycles. The normalized spacial score (nSPS) is 18.6. The summed E-state index contributed by atoms with van der Waals surface area (Å²) in [5.41, 5.74) is 3.87. The number of aromatic nitrogens is 1. The molecule has 104 valence electrons. The summed E-state index contributed by atoms with van der Waals surface area (Å²) in [6.07, 6.45) is 4.14. The predicted molar refractivity (Wildman–Crippen MR) is 79.8 cm³/mol. The highest BCUT2D eigenvalue weighted by Crippen LogP contribution is 2.31. The van der Waals surface area contributed by atoms with E-state index in [0.29, 0.717) is 12.1 Å². The fourth-order valence-electron chi connectivity index (χ4n) is 2.87.